The molecule has 2 rings (SSSR count). The Kier molecular flexibility index (Phi) is 4.74. The molecule has 2 N–H and O–H groups in total. The Labute approximate surface area is 118 Å². The highest BCUT2D eigenvalue weighted by atomic mass is 16.5. The third kappa shape index (κ3) is 3.36. The van der Waals surface area contributed by atoms with Crippen molar-refractivity contribution in [2.45, 2.75) is 6.54 Å². The van der Waals surface area contributed by atoms with E-state index in [1.165, 1.54) is 0 Å². The van der Waals surface area contributed by atoms with E-state index in [4.69, 9.17) is 4.74 Å². The molecule has 4 nitrogen and oxygen atoms in total. The zero-order chi connectivity index (χ0) is 14.4. The lowest BCUT2D eigenvalue weighted by Gasteiger charge is -2.11. The van der Waals surface area contributed by atoms with E-state index in [-0.39, 0.29) is 5.91 Å². The number of nitrogens with one attached hydrogen (secondary N) is 2. The number of carbonyl (C=O) groups excluding carboxylic acids is 1. The van der Waals surface area contributed by atoms with Crippen molar-refractivity contribution in [1.29, 1.82) is 0 Å². The van der Waals surface area contributed by atoms with Gasteiger partial charge < -0.3 is 15.4 Å². The number of ether oxygens (including phenoxy) is 1. The monoisotopic (exact) mass is 270 g/mol. The third-order valence-electron chi connectivity index (χ3n) is 2.98. The quantitative estimate of drug-likeness (QED) is 0.878. The van der Waals surface area contributed by atoms with Crippen molar-refractivity contribution in [3.8, 4) is 5.75 Å². The van der Waals surface area contributed by atoms with Crippen molar-refractivity contribution in [2.75, 3.05) is 19.5 Å². The van der Waals surface area contributed by atoms with Crippen molar-refractivity contribution in [1.82, 2.24) is 5.32 Å². The van der Waals surface area contributed by atoms with E-state index in [0.717, 1.165) is 17.0 Å². The second-order valence-corrected chi connectivity index (χ2v) is 4.37. The number of para-hydroxylation sites is 1. The van der Waals surface area contributed by atoms with E-state index in [1.807, 2.05) is 31.3 Å². The summed E-state index contributed by atoms with van der Waals surface area (Å²) in [5.41, 5.74) is 2.48. The number of hydrogen-bond acceptors (Lipinski definition) is 3. The number of hydrogen-bond donors (Lipinski definition) is 2. The van der Waals surface area contributed by atoms with Gasteiger partial charge in [-0.2, -0.15) is 0 Å². The number of amides is 1. The molecule has 2 aromatic carbocycles. The lowest BCUT2D eigenvalue weighted by atomic mass is 10.1. The lowest BCUT2D eigenvalue weighted by molar-refractivity contribution is 0.102. The van der Waals surface area contributed by atoms with Crippen LogP contribution >= 0.6 is 0 Å². The maximum Gasteiger partial charge on any atom is 0.255 e. The molecule has 0 saturated carbocycles. The van der Waals surface area contributed by atoms with Crippen LogP contribution in [0.25, 0.3) is 0 Å². The first kappa shape index (κ1) is 14.1. The van der Waals surface area contributed by atoms with Gasteiger partial charge in [0.1, 0.15) is 5.75 Å². The molecule has 0 radical (unpaired) electrons. The largest absolute Gasteiger partial charge is 0.497 e. The van der Waals surface area contributed by atoms with Gasteiger partial charge in [-0.3, -0.25) is 4.79 Å². The molecular formula is C16H18N2O2. The fourth-order valence-corrected chi connectivity index (χ4v) is 1.92. The first-order valence-corrected chi connectivity index (χ1v) is 6.42. The van der Waals surface area contributed by atoms with Crippen molar-refractivity contribution < 1.29 is 9.53 Å². The Morgan fingerprint density at radius 3 is 2.45 bits per heavy atom. The second-order valence-electron chi connectivity index (χ2n) is 4.37. The minimum Gasteiger partial charge on any atom is -0.497 e. The van der Waals surface area contributed by atoms with Gasteiger partial charge in [-0.1, -0.05) is 18.2 Å². The average molecular weight is 270 g/mol. The third-order valence-corrected chi connectivity index (χ3v) is 2.98. The van der Waals surface area contributed by atoms with Crippen LogP contribution in [-0.2, 0) is 6.54 Å². The number of rotatable bonds is 5. The van der Waals surface area contributed by atoms with Gasteiger partial charge in [0.2, 0.25) is 0 Å². The second kappa shape index (κ2) is 6.73. The van der Waals surface area contributed by atoms with Gasteiger partial charge in [0, 0.05) is 17.8 Å². The van der Waals surface area contributed by atoms with Gasteiger partial charge in [-0.25, -0.2) is 0 Å². The summed E-state index contributed by atoms with van der Waals surface area (Å²) in [4.78, 5) is 12.2. The van der Waals surface area contributed by atoms with E-state index in [2.05, 4.69) is 10.6 Å². The van der Waals surface area contributed by atoms with Crippen molar-refractivity contribution in [3.05, 3.63) is 59.7 Å². The fraction of sp³-hybridized carbons (Fsp3) is 0.188. The molecule has 2 aromatic rings. The summed E-state index contributed by atoms with van der Waals surface area (Å²) in [5.74, 6) is 0.605. The van der Waals surface area contributed by atoms with Crippen LogP contribution in [0.2, 0.25) is 0 Å². The average Bonchev–Trinajstić information content (AvgIpc) is 2.49. The first-order valence-electron chi connectivity index (χ1n) is 6.42. The highest BCUT2D eigenvalue weighted by Gasteiger charge is 2.08. The number of methoxy groups -OCH3 is 1. The topological polar surface area (TPSA) is 50.4 Å². The standard InChI is InChI=1S/C16H18N2O2/c1-17-11-13-5-3-4-6-15(13)18-16(19)12-7-9-14(20-2)10-8-12/h3-10,17H,11H2,1-2H3,(H,18,19). The van der Waals surface area contributed by atoms with Gasteiger partial charge in [-0.05, 0) is 42.9 Å². The predicted molar refractivity (Wildman–Crippen MR) is 80.2 cm³/mol. The first-order chi connectivity index (χ1) is 9.74. The Morgan fingerprint density at radius 2 is 1.80 bits per heavy atom. The molecule has 0 saturated heterocycles. The summed E-state index contributed by atoms with van der Waals surface area (Å²) >= 11 is 0. The Hall–Kier alpha value is -2.33. The van der Waals surface area contributed by atoms with Crippen molar-refractivity contribution in [2.24, 2.45) is 0 Å². The Bertz CT molecular complexity index is 579. The number of benzene rings is 2. The molecule has 0 spiro atoms. The summed E-state index contributed by atoms with van der Waals surface area (Å²) in [6.45, 7) is 0.707. The molecule has 0 bridgehead atoms. The van der Waals surface area contributed by atoms with Crippen molar-refractivity contribution in [3.63, 3.8) is 0 Å². The van der Waals surface area contributed by atoms with Crippen LogP contribution in [0.5, 0.6) is 5.75 Å². The summed E-state index contributed by atoms with van der Waals surface area (Å²) in [6, 6.07) is 14.8. The molecule has 0 aliphatic heterocycles. The molecule has 0 aliphatic carbocycles. The molecule has 0 aliphatic rings. The predicted octanol–water partition coefficient (Wildman–Crippen LogP) is 2.67. The molecule has 0 unspecified atom stereocenters. The lowest BCUT2D eigenvalue weighted by Crippen LogP contribution is -2.15. The summed E-state index contributed by atoms with van der Waals surface area (Å²) in [6.07, 6.45) is 0. The summed E-state index contributed by atoms with van der Waals surface area (Å²) in [5, 5.41) is 6.01. The maximum atomic E-state index is 12.2. The summed E-state index contributed by atoms with van der Waals surface area (Å²) in [7, 11) is 3.48. The van der Waals surface area contributed by atoms with Gasteiger partial charge in [0.05, 0.1) is 7.11 Å². The molecule has 0 fully saturated rings. The Morgan fingerprint density at radius 1 is 1.10 bits per heavy atom. The Balaban J connectivity index is 2.14. The van der Waals surface area contributed by atoms with Crippen LogP contribution in [-0.4, -0.2) is 20.1 Å². The fourth-order valence-electron chi connectivity index (χ4n) is 1.92. The molecule has 20 heavy (non-hydrogen) atoms. The van der Waals surface area contributed by atoms with E-state index in [0.29, 0.717) is 12.1 Å². The number of carbonyl (C=O) groups is 1. The van der Waals surface area contributed by atoms with E-state index in [1.54, 1.807) is 31.4 Å². The molecular weight excluding hydrogens is 252 g/mol. The highest BCUT2D eigenvalue weighted by molar-refractivity contribution is 6.04. The zero-order valence-electron chi connectivity index (χ0n) is 11.6. The van der Waals surface area contributed by atoms with Gasteiger partial charge in [0.15, 0.2) is 0 Å². The minimum absolute atomic E-state index is 0.129. The normalized spacial score (nSPS) is 10.1. The van der Waals surface area contributed by atoms with Crippen LogP contribution in [0.15, 0.2) is 48.5 Å². The number of anilines is 1. The van der Waals surface area contributed by atoms with Crippen LogP contribution in [0.1, 0.15) is 15.9 Å². The molecule has 0 atom stereocenters. The molecule has 0 heterocycles. The van der Waals surface area contributed by atoms with E-state index in [9.17, 15) is 4.79 Å². The van der Waals surface area contributed by atoms with Gasteiger partial charge >= 0.3 is 0 Å². The van der Waals surface area contributed by atoms with Crippen LogP contribution in [0, 0.1) is 0 Å². The molecule has 104 valence electrons. The highest BCUT2D eigenvalue weighted by Crippen LogP contribution is 2.17. The van der Waals surface area contributed by atoms with E-state index < -0.39 is 0 Å². The van der Waals surface area contributed by atoms with Crippen LogP contribution < -0.4 is 15.4 Å². The van der Waals surface area contributed by atoms with Gasteiger partial charge in [-0.15, -0.1) is 0 Å². The molecule has 4 heteroatoms. The summed E-state index contributed by atoms with van der Waals surface area (Å²) < 4.78 is 5.08. The smallest absolute Gasteiger partial charge is 0.255 e. The van der Waals surface area contributed by atoms with Crippen LogP contribution in [0.4, 0.5) is 5.69 Å². The van der Waals surface area contributed by atoms with Crippen molar-refractivity contribution >= 4 is 11.6 Å². The zero-order valence-corrected chi connectivity index (χ0v) is 11.6. The van der Waals surface area contributed by atoms with Gasteiger partial charge in [0.25, 0.3) is 5.91 Å². The van der Waals surface area contributed by atoms with Crippen LogP contribution in [0.3, 0.4) is 0 Å². The minimum atomic E-state index is -0.129. The van der Waals surface area contributed by atoms with E-state index >= 15 is 0 Å². The molecule has 1 amide bonds. The molecule has 0 aromatic heterocycles. The SMILES string of the molecule is CNCc1ccccc1NC(=O)c1ccc(OC)cc1. The maximum absolute atomic E-state index is 12.2.